The Labute approximate surface area is 140 Å². The number of para-hydroxylation sites is 1. The van der Waals surface area contributed by atoms with Crippen molar-refractivity contribution in [2.75, 3.05) is 0 Å². The number of benzene rings is 1. The van der Waals surface area contributed by atoms with Crippen molar-refractivity contribution < 1.29 is 14.6 Å². The second-order valence-corrected chi connectivity index (χ2v) is 6.68. The van der Waals surface area contributed by atoms with Gasteiger partial charge in [0, 0.05) is 11.9 Å². The van der Waals surface area contributed by atoms with Gasteiger partial charge in [-0.25, -0.2) is 4.98 Å². The van der Waals surface area contributed by atoms with Crippen molar-refractivity contribution in [2.45, 2.75) is 39.5 Å². The minimum absolute atomic E-state index is 0.328. The molecule has 6 heteroatoms. The van der Waals surface area contributed by atoms with Gasteiger partial charge in [0.1, 0.15) is 23.4 Å². The normalized spacial score (nSPS) is 12.3. The number of aromatic nitrogens is 1. The highest BCUT2D eigenvalue weighted by Gasteiger charge is 2.18. The van der Waals surface area contributed by atoms with E-state index in [-0.39, 0.29) is 0 Å². The van der Waals surface area contributed by atoms with Crippen LogP contribution in [0.1, 0.15) is 31.0 Å². The molecule has 0 spiro atoms. The molecular formula is C17H22N2O3S. The predicted molar refractivity (Wildman–Crippen MR) is 90.6 cm³/mol. The summed E-state index contributed by atoms with van der Waals surface area (Å²) in [6, 6.07) is 9.05. The van der Waals surface area contributed by atoms with E-state index in [4.69, 9.17) is 4.74 Å². The summed E-state index contributed by atoms with van der Waals surface area (Å²) in [6.07, 6.45) is 0.601. The van der Waals surface area contributed by atoms with Crippen LogP contribution in [-0.4, -0.2) is 22.1 Å². The molecule has 0 bridgehead atoms. The van der Waals surface area contributed by atoms with Crippen LogP contribution in [0.5, 0.6) is 5.75 Å². The molecule has 2 N–H and O–H groups in total. The number of carbonyl (C=O) groups is 1. The molecule has 1 aromatic carbocycles. The molecule has 0 amide bonds. The summed E-state index contributed by atoms with van der Waals surface area (Å²) in [5, 5.41) is 15.1. The quantitative estimate of drug-likeness (QED) is 0.736. The Kier molecular flexibility index (Phi) is 6.55. The molecule has 124 valence electrons. The number of nitrogens with one attached hydrogen (secondary N) is 1. The second kappa shape index (κ2) is 8.64. The molecule has 0 aliphatic heterocycles. The molecule has 0 aliphatic carbocycles. The van der Waals surface area contributed by atoms with Crippen LogP contribution < -0.4 is 10.1 Å². The number of hydrogen-bond acceptors (Lipinski definition) is 5. The van der Waals surface area contributed by atoms with Crippen molar-refractivity contribution in [1.29, 1.82) is 0 Å². The van der Waals surface area contributed by atoms with E-state index in [1.807, 2.05) is 49.6 Å². The molecule has 1 aromatic heterocycles. The molecule has 1 heterocycles. The fraction of sp³-hybridized carbons (Fsp3) is 0.412. The largest absolute Gasteiger partial charge is 0.486 e. The fourth-order valence-corrected chi connectivity index (χ4v) is 2.83. The summed E-state index contributed by atoms with van der Waals surface area (Å²) in [7, 11) is 0. The van der Waals surface area contributed by atoms with Crippen LogP contribution in [-0.2, 0) is 17.9 Å². The average Bonchev–Trinajstić information content (AvgIpc) is 2.98. The lowest BCUT2D eigenvalue weighted by atomic mass is 10.0. The third-order valence-electron chi connectivity index (χ3n) is 3.24. The number of aliphatic carboxylic acids is 1. The summed E-state index contributed by atoms with van der Waals surface area (Å²) in [5.41, 5.74) is 0.844. The molecule has 0 aliphatic rings. The number of nitrogens with zero attached hydrogens (tertiary/aromatic N) is 1. The smallest absolute Gasteiger partial charge is 0.320 e. The van der Waals surface area contributed by atoms with Crippen LogP contribution in [0.25, 0.3) is 0 Å². The topological polar surface area (TPSA) is 71.5 Å². The number of carboxylic acids is 1. The molecule has 0 unspecified atom stereocenters. The average molecular weight is 334 g/mol. The van der Waals surface area contributed by atoms with Gasteiger partial charge in [-0.2, -0.15) is 0 Å². The monoisotopic (exact) mass is 334 g/mol. The van der Waals surface area contributed by atoms with Crippen LogP contribution in [0, 0.1) is 5.92 Å². The molecule has 0 saturated carbocycles. The van der Waals surface area contributed by atoms with E-state index < -0.39 is 12.0 Å². The fourth-order valence-electron chi connectivity index (χ4n) is 2.13. The molecule has 23 heavy (non-hydrogen) atoms. The van der Waals surface area contributed by atoms with Gasteiger partial charge in [-0.1, -0.05) is 32.0 Å². The second-order valence-electron chi connectivity index (χ2n) is 5.74. The van der Waals surface area contributed by atoms with Crippen LogP contribution in [0.2, 0.25) is 0 Å². The molecule has 0 radical (unpaired) electrons. The minimum Gasteiger partial charge on any atom is -0.486 e. The zero-order chi connectivity index (χ0) is 16.7. The van der Waals surface area contributed by atoms with Crippen molar-refractivity contribution in [1.82, 2.24) is 10.3 Å². The van der Waals surface area contributed by atoms with E-state index in [1.54, 1.807) is 0 Å². The maximum atomic E-state index is 11.2. The van der Waals surface area contributed by atoms with Gasteiger partial charge in [0.15, 0.2) is 0 Å². The van der Waals surface area contributed by atoms with Crippen molar-refractivity contribution in [3.8, 4) is 5.75 Å². The van der Waals surface area contributed by atoms with E-state index in [1.165, 1.54) is 11.3 Å². The number of carboxylic acid groups (broad SMARTS) is 1. The number of hydrogen-bond donors (Lipinski definition) is 2. The first kappa shape index (κ1) is 17.4. The highest BCUT2D eigenvalue weighted by molar-refractivity contribution is 7.09. The Hall–Kier alpha value is -1.92. The van der Waals surface area contributed by atoms with Gasteiger partial charge in [-0.3, -0.25) is 10.1 Å². The van der Waals surface area contributed by atoms with Crippen molar-refractivity contribution >= 4 is 17.3 Å². The summed E-state index contributed by atoms with van der Waals surface area (Å²) >= 11 is 1.52. The molecule has 0 saturated heterocycles. The Morgan fingerprint density at radius 2 is 2.09 bits per heavy atom. The van der Waals surface area contributed by atoms with E-state index in [0.717, 1.165) is 16.5 Å². The maximum absolute atomic E-state index is 11.2. The first-order valence-corrected chi connectivity index (χ1v) is 8.50. The highest BCUT2D eigenvalue weighted by Crippen LogP contribution is 2.15. The third kappa shape index (κ3) is 6.00. The van der Waals surface area contributed by atoms with Crippen LogP contribution in [0.4, 0.5) is 0 Å². The molecule has 2 rings (SSSR count). The van der Waals surface area contributed by atoms with Gasteiger partial charge in [0.2, 0.25) is 0 Å². The maximum Gasteiger partial charge on any atom is 0.320 e. The van der Waals surface area contributed by atoms with Gasteiger partial charge >= 0.3 is 5.97 Å². The van der Waals surface area contributed by atoms with E-state index in [2.05, 4.69) is 10.3 Å². The predicted octanol–water partition coefficient (Wildman–Crippen LogP) is 3.31. The van der Waals surface area contributed by atoms with Gasteiger partial charge in [-0.05, 0) is 24.5 Å². The molecule has 0 fully saturated rings. The minimum atomic E-state index is -0.818. The zero-order valence-corrected chi connectivity index (χ0v) is 14.2. The lowest BCUT2D eigenvalue weighted by Crippen LogP contribution is -2.37. The Balaban J connectivity index is 1.83. The van der Waals surface area contributed by atoms with Gasteiger partial charge in [0.25, 0.3) is 0 Å². The molecule has 5 nitrogen and oxygen atoms in total. The number of thiazole rings is 1. The Morgan fingerprint density at radius 3 is 2.74 bits per heavy atom. The van der Waals surface area contributed by atoms with Crippen molar-refractivity contribution in [3.05, 3.63) is 46.4 Å². The molecular weight excluding hydrogens is 312 g/mol. The summed E-state index contributed by atoms with van der Waals surface area (Å²) in [5.74, 6) is 0.320. The SMILES string of the molecule is CC(C)C[C@H](NCc1csc(COc2ccccc2)n1)C(=O)O. The van der Waals surface area contributed by atoms with Gasteiger partial charge < -0.3 is 9.84 Å². The third-order valence-corrected chi connectivity index (χ3v) is 4.11. The zero-order valence-electron chi connectivity index (χ0n) is 13.4. The van der Waals surface area contributed by atoms with E-state index in [0.29, 0.717) is 25.5 Å². The van der Waals surface area contributed by atoms with Crippen LogP contribution >= 0.6 is 11.3 Å². The highest BCUT2D eigenvalue weighted by atomic mass is 32.1. The van der Waals surface area contributed by atoms with E-state index in [9.17, 15) is 9.90 Å². The summed E-state index contributed by atoms with van der Waals surface area (Å²) < 4.78 is 5.66. The number of rotatable bonds is 9. The van der Waals surface area contributed by atoms with Gasteiger partial charge in [-0.15, -0.1) is 11.3 Å². The standard InChI is InChI=1S/C17H22N2O3S/c1-12(2)8-15(17(20)21)18-9-13-11-23-16(19-13)10-22-14-6-4-3-5-7-14/h3-7,11-12,15,18H,8-10H2,1-2H3,(H,20,21)/t15-/m0/s1. The number of ether oxygens (including phenoxy) is 1. The van der Waals surface area contributed by atoms with Crippen LogP contribution in [0.15, 0.2) is 35.7 Å². The van der Waals surface area contributed by atoms with Gasteiger partial charge in [0.05, 0.1) is 5.69 Å². The lowest BCUT2D eigenvalue weighted by molar-refractivity contribution is -0.140. The first-order chi connectivity index (χ1) is 11.0. The van der Waals surface area contributed by atoms with Crippen molar-refractivity contribution in [2.24, 2.45) is 5.92 Å². The summed E-state index contributed by atoms with van der Waals surface area (Å²) in [6.45, 7) is 4.90. The molecule has 1 atom stereocenters. The molecule has 2 aromatic rings. The lowest BCUT2D eigenvalue weighted by Gasteiger charge is -2.15. The first-order valence-electron chi connectivity index (χ1n) is 7.62. The summed E-state index contributed by atoms with van der Waals surface area (Å²) in [4.78, 5) is 15.7. The van der Waals surface area contributed by atoms with E-state index >= 15 is 0 Å². The Morgan fingerprint density at radius 1 is 1.35 bits per heavy atom. The van der Waals surface area contributed by atoms with Crippen molar-refractivity contribution in [3.63, 3.8) is 0 Å². The van der Waals surface area contributed by atoms with Crippen LogP contribution in [0.3, 0.4) is 0 Å². The Bertz CT molecular complexity index is 613.